The van der Waals surface area contributed by atoms with Crippen LogP contribution in [0.4, 0.5) is 0 Å². The highest BCUT2D eigenvalue weighted by Crippen LogP contribution is 2.36. The number of aryl methyl sites for hydroxylation is 4. The highest BCUT2D eigenvalue weighted by atomic mass is 32.1. The van der Waals surface area contributed by atoms with Crippen LogP contribution in [0.2, 0.25) is 0 Å². The summed E-state index contributed by atoms with van der Waals surface area (Å²) in [5.41, 5.74) is 4.26. The Morgan fingerprint density at radius 3 is 2.52 bits per heavy atom. The highest BCUT2D eigenvalue weighted by Gasteiger charge is 2.18. The molecular formula is C16H17N3OS. The number of hydrogen-bond donors (Lipinski definition) is 1. The van der Waals surface area contributed by atoms with Crippen molar-refractivity contribution in [3.05, 3.63) is 50.4 Å². The molecule has 0 aliphatic rings. The first-order valence-corrected chi connectivity index (χ1v) is 7.57. The Balaban J connectivity index is 2.42. The largest absolute Gasteiger partial charge is 0.335 e. The maximum Gasteiger partial charge on any atom is 0.281 e. The number of rotatable bonds is 1. The summed E-state index contributed by atoms with van der Waals surface area (Å²) in [6.45, 7) is 7.92. The number of nitrogens with zero attached hydrogens (tertiary/aromatic N) is 2. The zero-order valence-corrected chi connectivity index (χ0v) is 13.3. The molecule has 2 aromatic heterocycles. The van der Waals surface area contributed by atoms with Gasteiger partial charge < -0.3 is 5.84 Å². The molecule has 3 rings (SSSR count). The van der Waals surface area contributed by atoms with Gasteiger partial charge in [0.1, 0.15) is 10.7 Å². The average Bonchev–Trinajstić information content (AvgIpc) is 2.76. The van der Waals surface area contributed by atoms with Crippen LogP contribution in [0.1, 0.15) is 21.8 Å². The summed E-state index contributed by atoms with van der Waals surface area (Å²) in [5, 5.41) is 0.619. The molecule has 0 saturated heterocycles. The Labute approximate surface area is 126 Å². The van der Waals surface area contributed by atoms with Crippen molar-refractivity contribution in [2.75, 3.05) is 5.84 Å². The SMILES string of the molecule is Cc1ccc(-c2c(C)sc3nc(C)n(N)c(=O)c23)cc1C. The van der Waals surface area contributed by atoms with Crippen molar-refractivity contribution in [3.63, 3.8) is 0 Å². The molecular weight excluding hydrogens is 282 g/mol. The van der Waals surface area contributed by atoms with Gasteiger partial charge in [-0.05, 0) is 44.4 Å². The molecule has 2 heterocycles. The van der Waals surface area contributed by atoms with E-state index in [9.17, 15) is 4.79 Å². The van der Waals surface area contributed by atoms with Crippen molar-refractivity contribution in [1.82, 2.24) is 9.66 Å². The summed E-state index contributed by atoms with van der Waals surface area (Å²) in [7, 11) is 0. The third kappa shape index (κ3) is 2.05. The lowest BCUT2D eigenvalue weighted by Crippen LogP contribution is -2.30. The quantitative estimate of drug-likeness (QED) is 0.702. The van der Waals surface area contributed by atoms with Gasteiger partial charge in [-0.25, -0.2) is 9.66 Å². The van der Waals surface area contributed by atoms with E-state index in [-0.39, 0.29) is 5.56 Å². The van der Waals surface area contributed by atoms with Gasteiger partial charge in [-0.15, -0.1) is 11.3 Å². The third-order valence-electron chi connectivity index (χ3n) is 3.91. The van der Waals surface area contributed by atoms with E-state index >= 15 is 0 Å². The van der Waals surface area contributed by atoms with Crippen LogP contribution in [-0.2, 0) is 0 Å². The maximum absolute atomic E-state index is 12.5. The minimum Gasteiger partial charge on any atom is -0.335 e. The smallest absolute Gasteiger partial charge is 0.281 e. The Kier molecular flexibility index (Phi) is 3.10. The summed E-state index contributed by atoms with van der Waals surface area (Å²) >= 11 is 1.54. The van der Waals surface area contributed by atoms with E-state index in [1.54, 1.807) is 18.3 Å². The van der Waals surface area contributed by atoms with Gasteiger partial charge in [-0.2, -0.15) is 0 Å². The maximum atomic E-state index is 12.5. The highest BCUT2D eigenvalue weighted by molar-refractivity contribution is 7.19. The standard InChI is InChI=1S/C16H17N3OS/c1-8-5-6-12(7-9(8)2)13-10(3)21-15-14(13)16(20)19(17)11(4)18-15/h5-7H,17H2,1-4H3. The molecule has 0 aliphatic heterocycles. The van der Waals surface area contributed by atoms with E-state index in [0.717, 1.165) is 25.5 Å². The summed E-state index contributed by atoms with van der Waals surface area (Å²) in [4.78, 5) is 18.8. The van der Waals surface area contributed by atoms with Crippen LogP contribution in [-0.4, -0.2) is 9.66 Å². The van der Waals surface area contributed by atoms with Gasteiger partial charge in [0.05, 0.1) is 5.39 Å². The van der Waals surface area contributed by atoms with Crippen molar-refractivity contribution in [3.8, 4) is 11.1 Å². The minimum absolute atomic E-state index is 0.185. The fraction of sp³-hybridized carbons (Fsp3) is 0.250. The van der Waals surface area contributed by atoms with E-state index in [0.29, 0.717) is 11.2 Å². The molecule has 0 aliphatic carbocycles. The van der Waals surface area contributed by atoms with Gasteiger partial charge in [0.15, 0.2) is 0 Å². The van der Waals surface area contributed by atoms with Crippen molar-refractivity contribution in [1.29, 1.82) is 0 Å². The lowest BCUT2D eigenvalue weighted by molar-refractivity contribution is 0.855. The third-order valence-corrected chi connectivity index (χ3v) is 4.91. The fourth-order valence-corrected chi connectivity index (χ4v) is 3.60. The van der Waals surface area contributed by atoms with E-state index in [4.69, 9.17) is 5.84 Å². The van der Waals surface area contributed by atoms with Crippen LogP contribution in [0.15, 0.2) is 23.0 Å². The molecule has 0 fully saturated rings. The number of fused-ring (bicyclic) bond motifs is 1. The Morgan fingerprint density at radius 1 is 1.14 bits per heavy atom. The molecule has 0 unspecified atom stereocenters. The Hall–Kier alpha value is -2.14. The number of benzene rings is 1. The molecule has 0 atom stereocenters. The van der Waals surface area contributed by atoms with Gasteiger partial charge in [0.25, 0.3) is 5.56 Å². The predicted molar refractivity (Wildman–Crippen MR) is 88.4 cm³/mol. The first-order valence-electron chi connectivity index (χ1n) is 6.75. The monoisotopic (exact) mass is 299 g/mol. The van der Waals surface area contributed by atoms with Crippen LogP contribution in [0.5, 0.6) is 0 Å². The first-order chi connectivity index (χ1) is 9.90. The average molecular weight is 299 g/mol. The minimum atomic E-state index is -0.185. The van der Waals surface area contributed by atoms with Crippen LogP contribution in [0, 0.1) is 27.7 Å². The molecule has 2 N–H and O–H groups in total. The second kappa shape index (κ2) is 4.70. The molecule has 3 aromatic rings. The molecule has 1 aromatic carbocycles. The van der Waals surface area contributed by atoms with Gasteiger partial charge in [0.2, 0.25) is 0 Å². The number of hydrogen-bond acceptors (Lipinski definition) is 4. The Bertz CT molecular complexity index is 921. The topological polar surface area (TPSA) is 60.9 Å². The van der Waals surface area contributed by atoms with Crippen molar-refractivity contribution in [2.24, 2.45) is 0 Å². The second-order valence-corrected chi connectivity index (χ2v) is 6.55. The summed E-state index contributed by atoms with van der Waals surface area (Å²) in [6, 6.07) is 6.25. The lowest BCUT2D eigenvalue weighted by Gasteiger charge is -2.07. The molecule has 21 heavy (non-hydrogen) atoms. The van der Waals surface area contributed by atoms with Crippen molar-refractivity contribution < 1.29 is 0 Å². The zero-order chi connectivity index (χ0) is 15.3. The van der Waals surface area contributed by atoms with Crippen molar-refractivity contribution >= 4 is 21.6 Å². The first kappa shape index (κ1) is 13.8. The van der Waals surface area contributed by atoms with Crippen LogP contribution >= 0.6 is 11.3 Å². The molecule has 0 amide bonds. The second-order valence-electron chi connectivity index (χ2n) is 5.35. The molecule has 4 nitrogen and oxygen atoms in total. The summed E-state index contributed by atoms with van der Waals surface area (Å²) in [5.74, 6) is 6.33. The van der Waals surface area contributed by atoms with Crippen LogP contribution in [0.3, 0.4) is 0 Å². The number of nitrogen functional groups attached to an aromatic ring is 1. The molecule has 0 radical (unpaired) electrons. The summed E-state index contributed by atoms with van der Waals surface area (Å²) < 4.78 is 1.12. The van der Waals surface area contributed by atoms with E-state index < -0.39 is 0 Å². The predicted octanol–water partition coefficient (Wildman–Crippen LogP) is 3.07. The molecule has 0 spiro atoms. The normalized spacial score (nSPS) is 11.2. The van der Waals surface area contributed by atoms with Crippen molar-refractivity contribution in [2.45, 2.75) is 27.7 Å². The number of nitrogens with two attached hydrogens (primary N) is 1. The van der Waals surface area contributed by atoms with E-state index in [1.165, 1.54) is 11.1 Å². The molecule has 5 heteroatoms. The summed E-state index contributed by atoms with van der Waals surface area (Å²) in [6.07, 6.45) is 0. The number of aromatic nitrogens is 2. The molecule has 0 saturated carbocycles. The Morgan fingerprint density at radius 2 is 1.86 bits per heavy atom. The van der Waals surface area contributed by atoms with E-state index in [1.807, 2.05) is 6.92 Å². The zero-order valence-electron chi connectivity index (χ0n) is 12.5. The number of thiophene rings is 1. The van der Waals surface area contributed by atoms with Gasteiger partial charge in [0, 0.05) is 10.4 Å². The van der Waals surface area contributed by atoms with Gasteiger partial charge in [-0.1, -0.05) is 18.2 Å². The lowest BCUT2D eigenvalue weighted by atomic mass is 9.99. The van der Waals surface area contributed by atoms with E-state index in [2.05, 4.69) is 37.0 Å². The van der Waals surface area contributed by atoms with Gasteiger partial charge >= 0.3 is 0 Å². The van der Waals surface area contributed by atoms with Gasteiger partial charge in [-0.3, -0.25) is 4.79 Å². The molecule has 0 bridgehead atoms. The molecule has 108 valence electrons. The van der Waals surface area contributed by atoms with Crippen LogP contribution < -0.4 is 11.4 Å². The fourth-order valence-electron chi connectivity index (χ4n) is 2.52. The van der Waals surface area contributed by atoms with Crippen LogP contribution in [0.25, 0.3) is 21.3 Å².